The van der Waals surface area contributed by atoms with Crippen LogP contribution in [0, 0.1) is 0 Å². The smallest absolute Gasteiger partial charge is 0.312 e. The molecular formula is C9H15N5O. The third kappa shape index (κ3) is 4.17. The fourth-order valence-electron chi connectivity index (χ4n) is 1.07. The number of carbonyl (C=O) groups is 1. The first kappa shape index (κ1) is 11.1. The average Bonchev–Trinajstić information content (AvgIpc) is 2.24. The molecule has 1 rings (SSSR count). The van der Waals surface area contributed by atoms with Crippen molar-refractivity contribution in [1.29, 1.82) is 0 Å². The Morgan fingerprint density at radius 1 is 1.40 bits per heavy atom. The minimum absolute atomic E-state index is 0.485. The maximum Gasteiger partial charge on any atom is 0.312 e. The molecule has 2 amide bonds. The number of rotatable bonds is 5. The quantitative estimate of drug-likeness (QED) is 0.521. The molecule has 82 valence electrons. The molecule has 6 nitrogen and oxygen atoms in total. The van der Waals surface area contributed by atoms with E-state index >= 15 is 0 Å². The Kier molecular flexibility index (Phi) is 4.21. The van der Waals surface area contributed by atoms with Crippen molar-refractivity contribution in [3.05, 3.63) is 18.5 Å². The van der Waals surface area contributed by atoms with Crippen LogP contribution in [-0.4, -0.2) is 31.2 Å². The van der Waals surface area contributed by atoms with E-state index in [0.717, 1.165) is 11.4 Å². The van der Waals surface area contributed by atoms with Crippen LogP contribution in [0.25, 0.3) is 0 Å². The summed E-state index contributed by atoms with van der Waals surface area (Å²) < 4.78 is 0. The molecular weight excluding hydrogens is 194 g/mol. The van der Waals surface area contributed by atoms with Gasteiger partial charge in [0.15, 0.2) is 0 Å². The molecule has 0 saturated heterocycles. The predicted octanol–water partition coefficient (Wildman–Crippen LogP) is 0.203. The van der Waals surface area contributed by atoms with E-state index in [9.17, 15) is 4.79 Å². The SMILES string of the molecule is CNc1cncc(NCCNC(N)=O)c1. The van der Waals surface area contributed by atoms with Crippen molar-refractivity contribution in [3.63, 3.8) is 0 Å². The molecule has 0 aromatic carbocycles. The Morgan fingerprint density at radius 2 is 2.13 bits per heavy atom. The maximum atomic E-state index is 10.4. The van der Waals surface area contributed by atoms with Crippen molar-refractivity contribution in [2.75, 3.05) is 30.8 Å². The van der Waals surface area contributed by atoms with Gasteiger partial charge in [-0.25, -0.2) is 4.79 Å². The minimum Gasteiger partial charge on any atom is -0.387 e. The summed E-state index contributed by atoms with van der Waals surface area (Å²) in [6.45, 7) is 1.09. The second-order valence-corrected chi connectivity index (χ2v) is 2.93. The van der Waals surface area contributed by atoms with Gasteiger partial charge in [-0.05, 0) is 6.07 Å². The molecule has 1 heterocycles. The standard InChI is InChI=1S/C9H15N5O/c1-11-7-4-8(6-12-5-7)13-2-3-14-9(10)15/h4-6,11,13H,2-3H2,1H3,(H3,10,14,15). The summed E-state index contributed by atoms with van der Waals surface area (Å²) in [7, 11) is 1.83. The summed E-state index contributed by atoms with van der Waals surface area (Å²) in [5, 5.41) is 8.57. The zero-order valence-electron chi connectivity index (χ0n) is 8.58. The number of nitrogens with one attached hydrogen (secondary N) is 3. The van der Waals surface area contributed by atoms with Gasteiger partial charge in [0.25, 0.3) is 0 Å². The van der Waals surface area contributed by atoms with Crippen molar-refractivity contribution >= 4 is 17.4 Å². The predicted molar refractivity (Wildman–Crippen MR) is 59.9 cm³/mol. The molecule has 0 saturated carbocycles. The van der Waals surface area contributed by atoms with Crippen molar-refractivity contribution < 1.29 is 4.79 Å². The number of anilines is 2. The molecule has 0 aliphatic heterocycles. The minimum atomic E-state index is -0.515. The molecule has 0 radical (unpaired) electrons. The highest BCUT2D eigenvalue weighted by atomic mass is 16.2. The second kappa shape index (κ2) is 5.69. The van der Waals surface area contributed by atoms with Crippen molar-refractivity contribution in [1.82, 2.24) is 10.3 Å². The van der Waals surface area contributed by atoms with Crippen LogP contribution in [0.15, 0.2) is 18.5 Å². The molecule has 0 unspecified atom stereocenters. The monoisotopic (exact) mass is 209 g/mol. The topological polar surface area (TPSA) is 92.1 Å². The van der Waals surface area contributed by atoms with Crippen LogP contribution in [-0.2, 0) is 0 Å². The summed E-state index contributed by atoms with van der Waals surface area (Å²) in [4.78, 5) is 14.4. The van der Waals surface area contributed by atoms with Gasteiger partial charge in [0.1, 0.15) is 0 Å². The van der Waals surface area contributed by atoms with Gasteiger partial charge in [-0.1, -0.05) is 0 Å². The Morgan fingerprint density at radius 3 is 2.80 bits per heavy atom. The van der Waals surface area contributed by atoms with E-state index in [0.29, 0.717) is 13.1 Å². The highest BCUT2D eigenvalue weighted by molar-refractivity contribution is 5.71. The highest BCUT2D eigenvalue weighted by Crippen LogP contribution is 2.11. The molecule has 0 aliphatic rings. The van der Waals surface area contributed by atoms with E-state index in [1.54, 1.807) is 12.4 Å². The number of pyridine rings is 1. The first-order chi connectivity index (χ1) is 7.22. The number of carbonyl (C=O) groups excluding carboxylic acids is 1. The van der Waals surface area contributed by atoms with E-state index in [4.69, 9.17) is 5.73 Å². The van der Waals surface area contributed by atoms with Gasteiger partial charge in [-0.15, -0.1) is 0 Å². The van der Waals surface area contributed by atoms with Crippen molar-refractivity contribution in [2.24, 2.45) is 5.73 Å². The van der Waals surface area contributed by atoms with Crippen LogP contribution in [0.3, 0.4) is 0 Å². The summed E-state index contributed by atoms with van der Waals surface area (Å²) in [6, 6.07) is 1.41. The van der Waals surface area contributed by atoms with E-state index < -0.39 is 6.03 Å². The third-order valence-electron chi connectivity index (χ3n) is 1.78. The van der Waals surface area contributed by atoms with Crippen LogP contribution in [0.1, 0.15) is 0 Å². The zero-order chi connectivity index (χ0) is 11.1. The number of amides is 2. The van der Waals surface area contributed by atoms with Gasteiger partial charge in [0, 0.05) is 20.1 Å². The fraction of sp³-hybridized carbons (Fsp3) is 0.333. The van der Waals surface area contributed by atoms with Crippen LogP contribution >= 0.6 is 0 Å². The normalized spacial score (nSPS) is 9.40. The van der Waals surface area contributed by atoms with E-state index in [-0.39, 0.29) is 0 Å². The third-order valence-corrected chi connectivity index (χ3v) is 1.78. The number of aromatic nitrogens is 1. The van der Waals surface area contributed by atoms with Gasteiger partial charge < -0.3 is 21.7 Å². The van der Waals surface area contributed by atoms with Gasteiger partial charge in [0.2, 0.25) is 0 Å². The number of hydrogen-bond acceptors (Lipinski definition) is 4. The van der Waals surface area contributed by atoms with E-state index in [1.165, 1.54) is 0 Å². The molecule has 0 bridgehead atoms. The maximum absolute atomic E-state index is 10.4. The van der Waals surface area contributed by atoms with Gasteiger partial charge in [0.05, 0.1) is 23.8 Å². The van der Waals surface area contributed by atoms with Crippen molar-refractivity contribution in [3.8, 4) is 0 Å². The molecule has 1 aromatic heterocycles. The Bertz CT molecular complexity index is 328. The lowest BCUT2D eigenvalue weighted by Gasteiger charge is -2.07. The lowest BCUT2D eigenvalue weighted by Crippen LogP contribution is -2.33. The van der Waals surface area contributed by atoms with Crippen LogP contribution in [0.4, 0.5) is 16.2 Å². The highest BCUT2D eigenvalue weighted by Gasteiger charge is 1.95. The number of primary amides is 1. The molecule has 15 heavy (non-hydrogen) atoms. The molecule has 0 aliphatic carbocycles. The molecule has 5 N–H and O–H groups in total. The van der Waals surface area contributed by atoms with Crippen LogP contribution in [0.5, 0.6) is 0 Å². The molecule has 0 atom stereocenters. The van der Waals surface area contributed by atoms with Crippen LogP contribution in [0.2, 0.25) is 0 Å². The molecule has 6 heteroatoms. The number of hydrogen-bond donors (Lipinski definition) is 4. The van der Waals surface area contributed by atoms with Gasteiger partial charge in [-0.3, -0.25) is 4.98 Å². The lowest BCUT2D eigenvalue weighted by atomic mass is 10.3. The van der Waals surface area contributed by atoms with Gasteiger partial charge in [-0.2, -0.15) is 0 Å². The molecule has 0 spiro atoms. The first-order valence-corrected chi connectivity index (χ1v) is 4.62. The number of nitrogens with zero attached hydrogens (tertiary/aromatic N) is 1. The Balaban J connectivity index is 2.33. The van der Waals surface area contributed by atoms with Gasteiger partial charge >= 0.3 is 6.03 Å². The first-order valence-electron chi connectivity index (χ1n) is 4.62. The van der Waals surface area contributed by atoms with E-state index in [2.05, 4.69) is 20.9 Å². The van der Waals surface area contributed by atoms with E-state index in [1.807, 2.05) is 13.1 Å². The Labute approximate surface area is 88.3 Å². The molecule has 1 aromatic rings. The van der Waals surface area contributed by atoms with Crippen molar-refractivity contribution in [2.45, 2.75) is 0 Å². The second-order valence-electron chi connectivity index (χ2n) is 2.93. The zero-order valence-corrected chi connectivity index (χ0v) is 8.58. The summed E-state index contributed by atoms with van der Waals surface area (Å²) in [5.74, 6) is 0. The Hall–Kier alpha value is -1.98. The molecule has 0 fully saturated rings. The largest absolute Gasteiger partial charge is 0.387 e. The van der Waals surface area contributed by atoms with Crippen LogP contribution < -0.4 is 21.7 Å². The summed E-state index contributed by atoms with van der Waals surface area (Å²) in [6.07, 6.45) is 3.44. The lowest BCUT2D eigenvalue weighted by molar-refractivity contribution is 0.249. The fourth-order valence-corrected chi connectivity index (χ4v) is 1.07. The number of urea groups is 1. The summed E-state index contributed by atoms with van der Waals surface area (Å²) in [5.41, 5.74) is 6.75. The summed E-state index contributed by atoms with van der Waals surface area (Å²) >= 11 is 0. The average molecular weight is 209 g/mol. The number of nitrogens with two attached hydrogens (primary N) is 1.